The number of nitrogens with one attached hydrogen (secondary N) is 1. The van der Waals surface area contributed by atoms with Gasteiger partial charge < -0.3 is 35.8 Å². The van der Waals surface area contributed by atoms with Gasteiger partial charge in [0.15, 0.2) is 6.04 Å². The zero-order valence-electron chi connectivity index (χ0n) is 18.2. The molecular formula is C22H28N2O8. The van der Waals surface area contributed by atoms with Gasteiger partial charge in [-0.2, -0.15) is 0 Å². The Bertz CT molecular complexity index is 905. The Balaban J connectivity index is 0.000000363. The standard InChI is InChI=1S/C14H19NO5.C8H9NO3/c1-14(2,3)20-13(18)15-11(12(17)19-4)9-5-7-10(16)8-6-9;9-7(8(11)12)5-1-3-6(10)4-2-5/h5-8,11,16H,1-4H3,(H,15,18);1-4,7,10H,9H2,(H,11,12)/t11-;7-/m11/s1. The van der Waals surface area contributed by atoms with Gasteiger partial charge in [0.2, 0.25) is 0 Å². The molecule has 0 aliphatic carbocycles. The number of amides is 1. The van der Waals surface area contributed by atoms with E-state index in [0.29, 0.717) is 11.1 Å². The number of carbonyl (C=O) groups is 3. The van der Waals surface area contributed by atoms with Crippen LogP contribution >= 0.6 is 0 Å². The molecule has 0 aliphatic rings. The molecule has 2 atom stereocenters. The van der Waals surface area contributed by atoms with Gasteiger partial charge in [-0.25, -0.2) is 9.59 Å². The number of alkyl carbamates (subject to hydrolysis) is 1. The number of phenols is 2. The second kappa shape index (κ2) is 11.6. The summed E-state index contributed by atoms with van der Waals surface area (Å²) in [5.41, 5.74) is 5.60. The van der Waals surface area contributed by atoms with Crippen LogP contribution in [-0.4, -0.2) is 46.1 Å². The molecule has 0 aromatic heterocycles. The molecule has 0 radical (unpaired) electrons. The Morgan fingerprint density at radius 1 is 0.906 bits per heavy atom. The van der Waals surface area contributed by atoms with Gasteiger partial charge in [0, 0.05) is 0 Å². The Hall–Kier alpha value is -3.79. The highest BCUT2D eigenvalue weighted by atomic mass is 16.6. The fourth-order valence-corrected chi connectivity index (χ4v) is 2.31. The number of esters is 1. The summed E-state index contributed by atoms with van der Waals surface area (Å²) >= 11 is 0. The molecular weight excluding hydrogens is 420 g/mol. The van der Waals surface area contributed by atoms with Gasteiger partial charge >= 0.3 is 18.0 Å². The topological polar surface area (TPSA) is 168 Å². The summed E-state index contributed by atoms with van der Waals surface area (Å²) in [4.78, 5) is 33.9. The minimum absolute atomic E-state index is 0.0645. The molecule has 0 unspecified atom stereocenters. The summed E-state index contributed by atoms with van der Waals surface area (Å²) in [6.45, 7) is 5.17. The number of benzene rings is 2. The highest BCUT2D eigenvalue weighted by Gasteiger charge is 2.26. The van der Waals surface area contributed by atoms with E-state index in [1.165, 1.54) is 55.6 Å². The number of phenolic OH excluding ortho intramolecular Hbond substituents is 2. The molecule has 0 saturated heterocycles. The van der Waals surface area contributed by atoms with Crippen LogP contribution in [0.25, 0.3) is 0 Å². The van der Waals surface area contributed by atoms with E-state index in [0.717, 1.165) is 0 Å². The first kappa shape index (κ1) is 26.2. The highest BCUT2D eigenvalue weighted by Crippen LogP contribution is 2.19. The number of aliphatic carboxylic acids is 1. The van der Waals surface area contributed by atoms with E-state index >= 15 is 0 Å². The third-order valence-corrected chi connectivity index (χ3v) is 3.84. The summed E-state index contributed by atoms with van der Waals surface area (Å²) in [5, 5.41) is 29.1. The van der Waals surface area contributed by atoms with Crippen molar-refractivity contribution in [1.29, 1.82) is 0 Å². The fourth-order valence-electron chi connectivity index (χ4n) is 2.31. The maximum absolute atomic E-state index is 11.7. The van der Waals surface area contributed by atoms with Gasteiger partial charge in [0.25, 0.3) is 0 Å². The molecule has 2 aromatic rings. The molecule has 0 saturated carbocycles. The van der Waals surface area contributed by atoms with Gasteiger partial charge in [-0.1, -0.05) is 24.3 Å². The van der Waals surface area contributed by atoms with Gasteiger partial charge in [0.05, 0.1) is 7.11 Å². The van der Waals surface area contributed by atoms with E-state index in [9.17, 15) is 19.5 Å². The smallest absolute Gasteiger partial charge is 0.408 e. The first-order valence-corrected chi connectivity index (χ1v) is 9.47. The lowest BCUT2D eigenvalue weighted by Gasteiger charge is -2.22. The minimum Gasteiger partial charge on any atom is -0.508 e. The number of nitrogens with two attached hydrogens (primary N) is 1. The third kappa shape index (κ3) is 8.92. The number of hydrogen-bond acceptors (Lipinski definition) is 8. The molecule has 6 N–H and O–H groups in total. The van der Waals surface area contributed by atoms with E-state index in [-0.39, 0.29) is 11.5 Å². The molecule has 0 fully saturated rings. The largest absolute Gasteiger partial charge is 0.508 e. The van der Waals surface area contributed by atoms with Crippen molar-refractivity contribution in [3.63, 3.8) is 0 Å². The molecule has 0 heterocycles. The Labute approximate surface area is 185 Å². The van der Waals surface area contributed by atoms with Gasteiger partial charge in [0.1, 0.15) is 23.1 Å². The average Bonchev–Trinajstić information content (AvgIpc) is 2.71. The lowest BCUT2D eigenvalue weighted by atomic mass is 10.1. The van der Waals surface area contributed by atoms with Crippen molar-refractivity contribution < 1.29 is 39.2 Å². The highest BCUT2D eigenvalue weighted by molar-refractivity contribution is 5.82. The molecule has 32 heavy (non-hydrogen) atoms. The molecule has 174 valence electrons. The summed E-state index contributed by atoms with van der Waals surface area (Å²) in [5.74, 6) is -1.55. The van der Waals surface area contributed by atoms with Gasteiger partial charge in [-0.05, 0) is 56.2 Å². The van der Waals surface area contributed by atoms with Crippen molar-refractivity contribution in [2.45, 2.75) is 38.5 Å². The molecule has 2 rings (SSSR count). The van der Waals surface area contributed by atoms with Crippen molar-refractivity contribution in [2.24, 2.45) is 5.73 Å². The SMILES string of the molecule is COC(=O)[C@H](NC(=O)OC(C)(C)C)c1ccc(O)cc1.N[C@@H](C(=O)O)c1ccc(O)cc1. The zero-order valence-corrected chi connectivity index (χ0v) is 18.2. The number of rotatable bonds is 5. The van der Waals surface area contributed by atoms with Crippen LogP contribution in [-0.2, 0) is 19.1 Å². The van der Waals surface area contributed by atoms with Crippen LogP contribution in [0.2, 0.25) is 0 Å². The summed E-state index contributed by atoms with van der Waals surface area (Å²) in [6, 6.07) is 9.63. The third-order valence-electron chi connectivity index (χ3n) is 3.84. The van der Waals surface area contributed by atoms with E-state index in [1.807, 2.05) is 0 Å². The van der Waals surface area contributed by atoms with Crippen LogP contribution in [0.1, 0.15) is 44.0 Å². The van der Waals surface area contributed by atoms with E-state index in [4.69, 9.17) is 20.7 Å². The number of ether oxygens (including phenoxy) is 2. The number of carboxylic acid groups (broad SMARTS) is 1. The van der Waals surface area contributed by atoms with Crippen LogP contribution in [0.5, 0.6) is 11.5 Å². The molecule has 10 nitrogen and oxygen atoms in total. The monoisotopic (exact) mass is 448 g/mol. The van der Waals surface area contributed by atoms with Gasteiger partial charge in [-0.15, -0.1) is 0 Å². The van der Waals surface area contributed by atoms with Crippen molar-refractivity contribution in [3.8, 4) is 11.5 Å². The molecule has 0 bridgehead atoms. The molecule has 2 aromatic carbocycles. The maximum atomic E-state index is 11.7. The van der Waals surface area contributed by atoms with Crippen LogP contribution in [0.3, 0.4) is 0 Å². The van der Waals surface area contributed by atoms with E-state index in [1.54, 1.807) is 20.8 Å². The van der Waals surface area contributed by atoms with E-state index < -0.39 is 35.7 Å². The number of aromatic hydroxyl groups is 2. The Morgan fingerprint density at radius 2 is 1.34 bits per heavy atom. The second-order valence-electron chi connectivity index (χ2n) is 7.60. The molecule has 1 amide bonds. The fraction of sp³-hybridized carbons (Fsp3) is 0.318. The summed E-state index contributed by atoms with van der Waals surface area (Å²) in [7, 11) is 1.23. The number of carbonyl (C=O) groups excluding carboxylic acids is 2. The van der Waals surface area contributed by atoms with Crippen molar-refractivity contribution >= 4 is 18.0 Å². The normalized spacial score (nSPS) is 12.4. The van der Waals surface area contributed by atoms with Crippen LogP contribution in [0.4, 0.5) is 4.79 Å². The number of hydrogen-bond donors (Lipinski definition) is 5. The predicted molar refractivity (Wildman–Crippen MR) is 115 cm³/mol. The first-order valence-electron chi connectivity index (χ1n) is 9.47. The van der Waals surface area contributed by atoms with Gasteiger partial charge in [-0.3, -0.25) is 4.79 Å². The molecule has 0 spiro atoms. The van der Waals surface area contributed by atoms with Crippen LogP contribution in [0, 0.1) is 0 Å². The lowest BCUT2D eigenvalue weighted by Crippen LogP contribution is -2.38. The quantitative estimate of drug-likeness (QED) is 0.432. The van der Waals surface area contributed by atoms with Crippen LogP contribution < -0.4 is 11.1 Å². The Morgan fingerprint density at radius 3 is 1.72 bits per heavy atom. The van der Waals surface area contributed by atoms with E-state index in [2.05, 4.69) is 10.1 Å². The number of methoxy groups -OCH3 is 1. The predicted octanol–water partition coefficient (Wildman–Crippen LogP) is 2.61. The summed E-state index contributed by atoms with van der Waals surface area (Å²) in [6.07, 6.45) is -0.721. The minimum atomic E-state index is -1.08. The Kier molecular flexibility index (Phi) is 9.48. The average molecular weight is 448 g/mol. The first-order chi connectivity index (χ1) is 14.8. The summed E-state index contributed by atoms with van der Waals surface area (Å²) < 4.78 is 9.76. The van der Waals surface area contributed by atoms with Crippen molar-refractivity contribution in [3.05, 3.63) is 59.7 Å². The van der Waals surface area contributed by atoms with Crippen molar-refractivity contribution in [1.82, 2.24) is 5.32 Å². The maximum Gasteiger partial charge on any atom is 0.408 e. The second-order valence-corrected chi connectivity index (χ2v) is 7.60. The van der Waals surface area contributed by atoms with Crippen LogP contribution in [0.15, 0.2) is 48.5 Å². The molecule has 0 aliphatic heterocycles. The lowest BCUT2D eigenvalue weighted by molar-refractivity contribution is -0.143. The zero-order chi connectivity index (χ0) is 24.5. The number of carboxylic acids is 1. The molecule has 10 heteroatoms. The van der Waals surface area contributed by atoms with Crippen molar-refractivity contribution in [2.75, 3.05) is 7.11 Å².